The number of fused-ring (bicyclic) bond motifs is 2. The van der Waals surface area contributed by atoms with Crippen LogP contribution in [0.25, 0.3) is 5.52 Å². The van der Waals surface area contributed by atoms with Crippen molar-refractivity contribution in [2.75, 3.05) is 6.54 Å². The Morgan fingerprint density at radius 1 is 1.27 bits per heavy atom. The lowest BCUT2D eigenvalue weighted by molar-refractivity contribution is -0.274. The Balaban J connectivity index is 1.41. The number of alkyl halides is 3. The number of carbonyl (C=O) groups excluding carboxylic acids is 1. The van der Waals surface area contributed by atoms with E-state index in [0.717, 1.165) is 18.5 Å². The molecule has 33 heavy (non-hydrogen) atoms. The minimum absolute atomic E-state index is 0.105. The van der Waals surface area contributed by atoms with Gasteiger partial charge in [0.15, 0.2) is 5.75 Å². The normalized spacial score (nSPS) is 18.5. The highest BCUT2D eigenvalue weighted by molar-refractivity contribution is 5.90. The van der Waals surface area contributed by atoms with Crippen molar-refractivity contribution in [2.24, 2.45) is 0 Å². The fourth-order valence-corrected chi connectivity index (χ4v) is 4.09. The second kappa shape index (κ2) is 7.05. The molecule has 1 saturated carbocycles. The molecule has 1 aliphatic heterocycles. The van der Waals surface area contributed by atoms with Gasteiger partial charge in [-0.05, 0) is 31.0 Å². The molecule has 1 atom stereocenters. The summed E-state index contributed by atoms with van der Waals surface area (Å²) >= 11 is 0. The minimum Gasteiger partial charge on any atom is -0.417 e. The molecule has 0 unspecified atom stereocenters. The molecule has 1 aliphatic carbocycles. The van der Waals surface area contributed by atoms with Gasteiger partial charge < -0.3 is 19.0 Å². The second-order valence-electron chi connectivity index (χ2n) is 7.96. The molecule has 5 heterocycles. The number of imidazole rings is 1. The smallest absolute Gasteiger partial charge is 0.417 e. The first-order chi connectivity index (χ1) is 15.9. The minimum atomic E-state index is -4.86. The maximum Gasteiger partial charge on any atom is 0.573 e. The number of rotatable bonds is 4. The quantitative estimate of drug-likeness (QED) is 0.499. The first kappa shape index (κ1) is 19.8. The highest BCUT2D eigenvalue weighted by atomic mass is 19.4. The molecule has 10 nitrogen and oxygen atoms in total. The van der Waals surface area contributed by atoms with Gasteiger partial charge in [0.1, 0.15) is 11.6 Å². The predicted molar refractivity (Wildman–Crippen MR) is 103 cm³/mol. The SMILES string of the molecule is O=C(c1nnc(C2CC2)o1)N1CCc2[nH]cnc2[C@@H]1c1cc2c(OC(F)(F)F)cccn2n1. The van der Waals surface area contributed by atoms with Gasteiger partial charge in [-0.15, -0.1) is 23.4 Å². The van der Waals surface area contributed by atoms with Crippen LogP contribution in [0.2, 0.25) is 0 Å². The second-order valence-corrected chi connectivity index (χ2v) is 7.96. The summed E-state index contributed by atoms with van der Waals surface area (Å²) in [5.41, 5.74) is 1.81. The Kier molecular flexibility index (Phi) is 4.22. The van der Waals surface area contributed by atoms with Gasteiger partial charge in [0.2, 0.25) is 5.89 Å². The zero-order chi connectivity index (χ0) is 22.7. The number of nitrogens with zero attached hydrogens (tertiary/aromatic N) is 6. The summed E-state index contributed by atoms with van der Waals surface area (Å²) in [6.07, 6.45) is 0.563. The van der Waals surface area contributed by atoms with E-state index in [-0.39, 0.29) is 17.3 Å². The lowest BCUT2D eigenvalue weighted by Gasteiger charge is -2.32. The molecule has 4 aromatic rings. The molecule has 2 aliphatic rings. The number of pyridine rings is 1. The third-order valence-electron chi connectivity index (χ3n) is 5.72. The van der Waals surface area contributed by atoms with E-state index in [1.807, 2.05) is 0 Å². The summed E-state index contributed by atoms with van der Waals surface area (Å²) in [4.78, 5) is 22.2. The molecule has 0 aromatic carbocycles. The molecule has 0 saturated heterocycles. The topological polar surface area (TPSA) is 114 Å². The fraction of sp³-hybridized carbons (Fsp3) is 0.350. The third-order valence-corrected chi connectivity index (χ3v) is 5.72. The van der Waals surface area contributed by atoms with Crippen molar-refractivity contribution in [3.05, 3.63) is 59.6 Å². The Morgan fingerprint density at radius 3 is 2.91 bits per heavy atom. The van der Waals surface area contributed by atoms with Gasteiger partial charge in [0.05, 0.1) is 17.7 Å². The number of aromatic amines is 1. The number of amides is 1. The average molecular weight is 459 g/mol. The summed E-state index contributed by atoms with van der Waals surface area (Å²) in [6, 6.07) is 3.30. The van der Waals surface area contributed by atoms with Gasteiger partial charge >= 0.3 is 18.2 Å². The number of nitrogens with one attached hydrogen (secondary N) is 1. The first-order valence-corrected chi connectivity index (χ1v) is 10.3. The van der Waals surface area contributed by atoms with Gasteiger partial charge in [-0.2, -0.15) is 5.10 Å². The van der Waals surface area contributed by atoms with Crippen LogP contribution in [0.4, 0.5) is 13.2 Å². The Bertz CT molecular complexity index is 1350. The van der Waals surface area contributed by atoms with Crippen LogP contribution in [0, 0.1) is 0 Å². The van der Waals surface area contributed by atoms with E-state index in [0.29, 0.717) is 30.2 Å². The van der Waals surface area contributed by atoms with Crippen LogP contribution in [0.1, 0.15) is 58.5 Å². The molecule has 6 rings (SSSR count). The van der Waals surface area contributed by atoms with Gasteiger partial charge in [-0.1, -0.05) is 0 Å². The highest BCUT2D eigenvalue weighted by Gasteiger charge is 2.39. The monoisotopic (exact) mass is 459 g/mol. The number of ether oxygens (including phenoxy) is 1. The standard InChI is InChI=1S/C20H16F3N7O3/c21-20(22,23)33-14-2-1-6-30-13(14)8-12(28-30)16-15-11(24-9-25-15)5-7-29(16)19(31)18-27-26-17(32-18)10-3-4-10/h1-2,6,8-10,16H,3-5,7H2,(H,24,25)/t16-/m0/s1. The Labute approximate surface area is 183 Å². The van der Waals surface area contributed by atoms with Gasteiger partial charge in [-0.3, -0.25) is 4.79 Å². The fourth-order valence-electron chi connectivity index (χ4n) is 4.09. The third kappa shape index (κ3) is 3.49. The summed E-state index contributed by atoms with van der Waals surface area (Å²) in [5.74, 6) is -0.387. The summed E-state index contributed by atoms with van der Waals surface area (Å²) in [5, 5.41) is 12.3. The average Bonchev–Trinajstić information content (AvgIpc) is 3.18. The number of H-pyrrole nitrogens is 1. The zero-order valence-corrected chi connectivity index (χ0v) is 16.9. The van der Waals surface area contributed by atoms with E-state index in [4.69, 9.17) is 4.42 Å². The molecule has 0 radical (unpaired) electrons. The van der Waals surface area contributed by atoms with Gasteiger partial charge in [-0.25, -0.2) is 9.50 Å². The van der Waals surface area contributed by atoms with Crippen molar-refractivity contribution >= 4 is 11.4 Å². The molecule has 0 bridgehead atoms. The molecule has 170 valence electrons. The molecule has 13 heteroatoms. The molecule has 0 spiro atoms. The number of halogens is 3. The van der Waals surface area contributed by atoms with Crippen molar-refractivity contribution in [2.45, 2.75) is 37.6 Å². The number of hydrogen-bond donors (Lipinski definition) is 1. The van der Waals surface area contributed by atoms with E-state index in [1.165, 1.54) is 40.1 Å². The molecular weight excluding hydrogens is 443 g/mol. The van der Waals surface area contributed by atoms with Crippen molar-refractivity contribution in [1.29, 1.82) is 0 Å². The lowest BCUT2D eigenvalue weighted by atomic mass is 9.99. The van der Waals surface area contributed by atoms with Crippen LogP contribution in [-0.4, -0.2) is 53.5 Å². The molecular formula is C20H16F3N7O3. The molecule has 1 N–H and O–H groups in total. The van der Waals surface area contributed by atoms with Gasteiger partial charge in [0, 0.05) is 30.8 Å². The lowest BCUT2D eigenvalue weighted by Crippen LogP contribution is -2.41. The van der Waals surface area contributed by atoms with Crippen molar-refractivity contribution in [1.82, 2.24) is 34.7 Å². The van der Waals surface area contributed by atoms with Crippen molar-refractivity contribution < 1.29 is 27.1 Å². The maximum absolute atomic E-state index is 13.3. The zero-order valence-electron chi connectivity index (χ0n) is 16.9. The van der Waals surface area contributed by atoms with Crippen LogP contribution in [0.3, 0.4) is 0 Å². The summed E-state index contributed by atoms with van der Waals surface area (Å²) in [7, 11) is 0. The molecule has 1 fully saturated rings. The highest BCUT2D eigenvalue weighted by Crippen LogP contribution is 2.40. The van der Waals surface area contributed by atoms with Crippen LogP contribution in [0.15, 0.2) is 35.1 Å². The van der Waals surface area contributed by atoms with E-state index >= 15 is 0 Å². The van der Waals surface area contributed by atoms with Crippen molar-refractivity contribution in [3.8, 4) is 5.75 Å². The van der Waals surface area contributed by atoms with Crippen LogP contribution in [-0.2, 0) is 6.42 Å². The Hall–Kier alpha value is -3.90. The van der Waals surface area contributed by atoms with Crippen LogP contribution >= 0.6 is 0 Å². The van der Waals surface area contributed by atoms with E-state index in [2.05, 4.69) is 30.0 Å². The van der Waals surface area contributed by atoms with Crippen LogP contribution in [0.5, 0.6) is 5.75 Å². The maximum atomic E-state index is 13.3. The molecule has 1 amide bonds. The largest absolute Gasteiger partial charge is 0.573 e. The summed E-state index contributed by atoms with van der Waals surface area (Å²) < 4.78 is 49.6. The van der Waals surface area contributed by atoms with E-state index in [1.54, 1.807) is 0 Å². The molecule has 4 aromatic heterocycles. The summed E-state index contributed by atoms with van der Waals surface area (Å²) in [6.45, 7) is 0.305. The van der Waals surface area contributed by atoms with Crippen LogP contribution < -0.4 is 4.74 Å². The van der Waals surface area contributed by atoms with E-state index < -0.39 is 24.1 Å². The number of hydrogen-bond acceptors (Lipinski definition) is 7. The predicted octanol–water partition coefficient (Wildman–Crippen LogP) is 3.00. The Morgan fingerprint density at radius 2 is 2.12 bits per heavy atom. The number of aromatic nitrogens is 6. The number of carbonyl (C=O) groups is 1. The first-order valence-electron chi connectivity index (χ1n) is 10.3. The van der Waals surface area contributed by atoms with E-state index in [9.17, 15) is 18.0 Å². The van der Waals surface area contributed by atoms with Crippen molar-refractivity contribution in [3.63, 3.8) is 0 Å². The van der Waals surface area contributed by atoms with Gasteiger partial charge in [0.25, 0.3) is 0 Å².